The average molecular weight is 214 g/mol. The van der Waals surface area contributed by atoms with Crippen molar-refractivity contribution in [3.8, 4) is 0 Å². The van der Waals surface area contributed by atoms with Gasteiger partial charge in [0.1, 0.15) is 0 Å². The molecule has 0 atom stereocenters. The second-order valence-electron chi connectivity index (χ2n) is 0.615. The maximum absolute atomic E-state index is 10.4. The van der Waals surface area contributed by atoms with E-state index < -0.39 is 23.1 Å². The Balaban J connectivity index is 0. The molecule has 0 aliphatic heterocycles. The Labute approximate surface area is 53.5 Å². The van der Waals surface area contributed by atoms with E-state index in [2.05, 4.69) is 0 Å². The minimum Gasteiger partial charge on any atom is -1.00 e. The van der Waals surface area contributed by atoms with Gasteiger partial charge in [0.2, 0.25) is 0 Å². The Bertz CT molecular complexity index is 26.3. The van der Waals surface area contributed by atoms with E-state index in [9.17, 15) is 13.2 Å². The zero-order valence-electron chi connectivity index (χ0n) is 2.72. The number of halogens is 4. The molecule has 0 N–H and O–H groups in total. The van der Waals surface area contributed by atoms with E-state index in [0.717, 1.165) is 0 Å². The van der Waals surface area contributed by atoms with Crippen molar-refractivity contribution in [1.82, 2.24) is 0 Å². The molecule has 0 aromatic carbocycles. The first-order chi connectivity index (χ1) is 2.00. The first-order valence-electron chi connectivity index (χ1n) is 0.921. The molecule has 0 radical (unpaired) electrons. The number of rotatable bonds is 0. The van der Waals surface area contributed by atoms with Gasteiger partial charge in [0.25, 0.3) is 0 Å². The van der Waals surface area contributed by atoms with Crippen LogP contribution in [0.2, 0.25) is 0 Å². The molecule has 0 heterocycles. The average Bonchev–Trinajstić information content (AvgIpc) is 0.722. The Kier molecular flexibility index (Phi) is 4.95. The fourth-order valence-corrected chi connectivity index (χ4v) is 0. The molecular weight excluding hydrogens is 214 g/mol. The zero-order valence-corrected chi connectivity index (χ0v) is 7.27. The molecule has 0 aliphatic rings. The summed E-state index contributed by atoms with van der Waals surface area (Å²) in [6.07, 6.45) is 0. The van der Waals surface area contributed by atoms with E-state index in [0.29, 0.717) is 0 Å². The summed E-state index contributed by atoms with van der Waals surface area (Å²) in [6.45, 7) is 0. The standard InChI is InChI=1S/CF3.BrH.Zn/c2-1(3)4;;/h;1H;/q;;+1/p-1. The third-order valence-corrected chi connectivity index (χ3v) is 0. The molecule has 0 bridgehead atoms. The number of hydrogen-bond donors (Lipinski definition) is 0. The van der Waals surface area contributed by atoms with Crippen molar-refractivity contribution in [2.75, 3.05) is 0 Å². The molecule has 0 saturated heterocycles. The van der Waals surface area contributed by atoms with Crippen LogP contribution < -0.4 is 17.0 Å². The van der Waals surface area contributed by atoms with Gasteiger partial charge in [-0.3, -0.25) is 0 Å². The molecule has 0 aromatic heterocycles. The van der Waals surface area contributed by atoms with Crippen molar-refractivity contribution in [3.63, 3.8) is 0 Å². The maximum atomic E-state index is 10.4. The summed E-state index contributed by atoms with van der Waals surface area (Å²) in [5.74, 6) is 0. The van der Waals surface area contributed by atoms with Crippen molar-refractivity contribution < 1.29 is 48.5 Å². The van der Waals surface area contributed by atoms with Crippen LogP contribution in [0.5, 0.6) is 0 Å². The van der Waals surface area contributed by atoms with Crippen LogP contribution in [0, 0.1) is 0 Å². The minimum atomic E-state index is -3.88. The summed E-state index contributed by atoms with van der Waals surface area (Å²) in [5, 5.41) is 0. The van der Waals surface area contributed by atoms with Crippen LogP contribution in [0.25, 0.3) is 0 Å². The van der Waals surface area contributed by atoms with Gasteiger partial charge in [-0.1, -0.05) is 0 Å². The van der Waals surface area contributed by atoms with Crippen LogP contribution in [-0.2, 0) is 18.3 Å². The van der Waals surface area contributed by atoms with Crippen LogP contribution in [0.1, 0.15) is 0 Å². The smallest absolute Gasteiger partial charge is 1.00 e. The SMILES string of the molecule is F[C](F)(F)[Zn+].[Br-]. The molecule has 0 amide bonds. The van der Waals surface area contributed by atoms with Gasteiger partial charge in [-0.15, -0.1) is 0 Å². The molecule has 0 nitrogen and oxygen atoms in total. The van der Waals surface area contributed by atoms with E-state index in [1.54, 1.807) is 0 Å². The molecule has 6 heavy (non-hydrogen) atoms. The summed E-state index contributed by atoms with van der Waals surface area (Å²) in [7, 11) is 0. The molecule has 0 spiro atoms. The molecule has 5 heteroatoms. The summed E-state index contributed by atoms with van der Waals surface area (Å²) >= 11 is -0.604. The van der Waals surface area contributed by atoms with Crippen molar-refractivity contribution in [3.05, 3.63) is 0 Å². The predicted octanol–water partition coefficient (Wildman–Crippen LogP) is -1.94. The maximum Gasteiger partial charge on any atom is -1.00 e. The Morgan fingerprint density at radius 1 is 1.17 bits per heavy atom. The third-order valence-electron chi connectivity index (χ3n) is 0. The molecule has 0 saturated carbocycles. The normalized spacial score (nSPS) is 10.2. The Morgan fingerprint density at radius 3 is 1.17 bits per heavy atom. The number of hydrogen-bond acceptors (Lipinski definition) is 0. The van der Waals surface area contributed by atoms with Crippen molar-refractivity contribution in [1.29, 1.82) is 0 Å². The van der Waals surface area contributed by atoms with Gasteiger partial charge in [-0.05, 0) is 0 Å². The molecular formula is CBrF3Zn. The van der Waals surface area contributed by atoms with E-state index in [1.807, 2.05) is 0 Å². The van der Waals surface area contributed by atoms with Crippen LogP contribution in [0.3, 0.4) is 0 Å². The molecule has 0 unspecified atom stereocenters. The van der Waals surface area contributed by atoms with Gasteiger partial charge in [0, 0.05) is 0 Å². The second-order valence-corrected chi connectivity index (χ2v) is 2.30. The van der Waals surface area contributed by atoms with Gasteiger partial charge in [-0.2, -0.15) is 0 Å². The Hall–Kier alpha value is 0.893. The second kappa shape index (κ2) is 2.97. The quantitative estimate of drug-likeness (QED) is 0.412. The fourth-order valence-electron chi connectivity index (χ4n) is 0. The van der Waals surface area contributed by atoms with E-state index >= 15 is 0 Å². The largest absolute Gasteiger partial charge is 1.00 e. The summed E-state index contributed by atoms with van der Waals surface area (Å²) in [6, 6.07) is 0. The molecule has 34 valence electrons. The van der Waals surface area contributed by atoms with Gasteiger partial charge in [-0.25, -0.2) is 0 Å². The summed E-state index contributed by atoms with van der Waals surface area (Å²) in [4.78, 5) is 0. The Morgan fingerprint density at radius 2 is 1.17 bits per heavy atom. The first kappa shape index (κ1) is 10.00. The van der Waals surface area contributed by atoms with Crippen LogP contribution in [-0.4, -0.2) is 4.77 Å². The molecule has 0 aromatic rings. The van der Waals surface area contributed by atoms with E-state index in [1.165, 1.54) is 0 Å². The topological polar surface area (TPSA) is 0 Å². The number of alkyl halides is 3. The van der Waals surface area contributed by atoms with Crippen LogP contribution >= 0.6 is 0 Å². The van der Waals surface area contributed by atoms with Gasteiger partial charge < -0.3 is 17.0 Å². The molecule has 0 fully saturated rings. The van der Waals surface area contributed by atoms with Crippen molar-refractivity contribution in [2.45, 2.75) is 4.77 Å². The molecule has 0 rings (SSSR count). The fraction of sp³-hybridized carbons (Fsp3) is 1.00. The predicted molar refractivity (Wildman–Crippen MR) is 6.05 cm³/mol. The van der Waals surface area contributed by atoms with Crippen molar-refractivity contribution in [2.24, 2.45) is 0 Å². The first-order valence-corrected chi connectivity index (χ1v) is 2.40. The van der Waals surface area contributed by atoms with Gasteiger partial charge >= 0.3 is 36.2 Å². The zero-order chi connectivity index (χ0) is 4.50. The van der Waals surface area contributed by atoms with Crippen LogP contribution in [0.15, 0.2) is 0 Å². The summed E-state index contributed by atoms with van der Waals surface area (Å²) in [5.41, 5.74) is 0. The van der Waals surface area contributed by atoms with E-state index in [-0.39, 0.29) is 17.0 Å². The summed E-state index contributed by atoms with van der Waals surface area (Å²) < 4.78 is 27.4. The van der Waals surface area contributed by atoms with Crippen molar-refractivity contribution >= 4 is 0 Å². The van der Waals surface area contributed by atoms with Crippen LogP contribution in [0.4, 0.5) is 13.2 Å². The monoisotopic (exact) mass is 212 g/mol. The van der Waals surface area contributed by atoms with Gasteiger partial charge in [0.15, 0.2) is 0 Å². The third kappa shape index (κ3) is 92.9. The van der Waals surface area contributed by atoms with E-state index in [4.69, 9.17) is 0 Å². The minimum absolute atomic E-state index is 0. The van der Waals surface area contributed by atoms with Gasteiger partial charge in [0.05, 0.1) is 0 Å². The molecule has 0 aliphatic carbocycles.